The molecule has 0 spiro atoms. The summed E-state index contributed by atoms with van der Waals surface area (Å²) >= 11 is 0. The number of hydrogen-bond donors (Lipinski definition) is 1. The molecule has 0 radical (unpaired) electrons. The van der Waals surface area contributed by atoms with Crippen LogP contribution >= 0.6 is 0 Å². The lowest BCUT2D eigenvalue weighted by Gasteiger charge is -2.33. The Labute approximate surface area is 116 Å². The number of para-hydroxylation sites is 1. The van der Waals surface area contributed by atoms with E-state index in [0.717, 1.165) is 5.56 Å². The van der Waals surface area contributed by atoms with E-state index in [4.69, 9.17) is 13.3 Å². The van der Waals surface area contributed by atoms with Gasteiger partial charge in [0.05, 0.1) is 5.54 Å². The Morgan fingerprint density at radius 2 is 1.47 bits per heavy atom. The van der Waals surface area contributed by atoms with Gasteiger partial charge in [-0.15, -0.1) is 0 Å². The number of aromatic hydroxyl groups is 1. The molecule has 0 bridgehead atoms. The topological polar surface area (TPSA) is 47.9 Å². The van der Waals surface area contributed by atoms with Crippen LogP contribution in [-0.4, -0.2) is 33.7 Å². The van der Waals surface area contributed by atoms with E-state index in [0.29, 0.717) is 19.8 Å². The maximum Gasteiger partial charge on any atom is 0.508 e. The van der Waals surface area contributed by atoms with Gasteiger partial charge >= 0.3 is 8.80 Å². The van der Waals surface area contributed by atoms with Crippen LogP contribution in [0.5, 0.6) is 5.75 Å². The molecular formula is C14H24O4Si. The Hall–Kier alpha value is -0.883. The zero-order valence-corrected chi connectivity index (χ0v) is 13.2. The average molecular weight is 284 g/mol. The third-order valence-electron chi connectivity index (χ3n) is 2.97. The minimum absolute atomic E-state index is 0.103. The fraction of sp³-hybridized carbons (Fsp3) is 0.571. The maximum absolute atomic E-state index is 10.0. The van der Waals surface area contributed by atoms with Crippen LogP contribution in [0.1, 0.15) is 38.8 Å². The highest BCUT2D eigenvalue weighted by Crippen LogP contribution is 2.34. The lowest BCUT2D eigenvalue weighted by atomic mass is 10.1. The highest BCUT2D eigenvalue weighted by molar-refractivity contribution is 6.62. The van der Waals surface area contributed by atoms with E-state index in [1.54, 1.807) is 12.1 Å². The van der Waals surface area contributed by atoms with Crippen LogP contribution in [0.25, 0.3) is 0 Å². The van der Waals surface area contributed by atoms with Crippen molar-refractivity contribution in [2.45, 2.75) is 33.2 Å². The van der Waals surface area contributed by atoms with Crippen LogP contribution in [0.3, 0.4) is 0 Å². The quantitative estimate of drug-likeness (QED) is 0.745. The largest absolute Gasteiger partial charge is 0.508 e. The highest BCUT2D eigenvalue weighted by atomic mass is 28.4. The summed E-state index contributed by atoms with van der Waals surface area (Å²) in [6, 6.07) is 7.26. The smallest absolute Gasteiger partial charge is 0.508 e. The van der Waals surface area contributed by atoms with Gasteiger partial charge in [0.15, 0.2) is 0 Å². The lowest BCUT2D eigenvalue weighted by Crippen LogP contribution is -2.51. The number of phenolic OH excluding ortho intramolecular Hbond substituents is 1. The van der Waals surface area contributed by atoms with Gasteiger partial charge in [0.1, 0.15) is 5.75 Å². The summed E-state index contributed by atoms with van der Waals surface area (Å²) in [5, 5.41) is 10.0. The van der Waals surface area contributed by atoms with Gasteiger partial charge in [0, 0.05) is 25.4 Å². The summed E-state index contributed by atoms with van der Waals surface area (Å²) < 4.78 is 17.6. The van der Waals surface area contributed by atoms with Crippen LogP contribution < -0.4 is 0 Å². The molecule has 19 heavy (non-hydrogen) atoms. The average Bonchev–Trinajstić information content (AvgIpc) is 2.39. The van der Waals surface area contributed by atoms with Gasteiger partial charge in [-0.2, -0.15) is 0 Å². The molecule has 0 fully saturated rings. The predicted molar refractivity (Wildman–Crippen MR) is 77.2 cm³/mol. The first-order valence-corrected chi connectivity index (χ1v) is 8.61. The van der Waals surface area contributed by atoms with E-state index in [1.807, 2.05) is 39.8 Å². The van der Waals surface area contributed by atoms with Crippen molar-refractivity contribution >= 4 is 8.80 Å². The molecule has 5 heteroatoms. The minimum atomic E-state index is -2.83. The molecule has 0 amide bonds. The van der Waals surface area contributed by atoms with Crippen molar-refractivity contribution in [2.24, 2.45) is 0 Å². The molecule has 0 heterocycles. The van der Waals surface area contributed by atoms with Gasteiger partial charge in [-0.25, -0.2) is 0 Å². The molecule has 0 saturated heterocycles. The molecule has 0 saturated carbocycles. The fourth-order valence-electron chi connectivity index (χ4n) is 2.15. The van der Waals surface area contributed by atoms with Crippen LogP contribution in [-0.2, 0) is 13.3 Å². The molecule has 0 aromatic heterocycles. The number of hydrogen-bond acceptors (Lipinski definition) is 4. The van der Waals surface area contributed by atoms with E-state index in [-0.39, 0.29) is 11.3 Å². The second-order valence-corrected chi connectivity index (χ2v) is 7.12. The monoisotopic (exact) mass is 284 g/mol. The first-order valence-electron chi connectivity index (χ1n) is 6.81. The van der Waals surface area contributed by atoms with Crippen molar-refractivity contribution < 1.29 is 18.4 Å². The van der Waals surface area contributed by atoms with Crippen molar-refractivity contribution in [1.29, 1.82) is 0 Å². The van der Waals surface area contributed by atoms with Crippen molar-refractivity contribution in [1.82, 2.24) is 0 Å². The SMILES string of the molecule is CCO[Si](OCC)(OCC)C(C)c1ccccc1O. The molecule has 1 N–H and O–H groups in total. The van der Waals surface area contributed by atoms with Crippen molar-refractivity contribution in [3.05, 3.63) is 29.8 Å². The molecule has 1 unspecified atom stereocenters. The van der Waals surface area contributed by atoms with E-state index >= 15 is 0 Å². The van der Waals surface area contributed by atoms with Crippen molar-refractivity contribution in [2.75, 3.05) is 19.8 Å². The molecular weight excluding hydrogens is 260 g/mol. The van der Waals surface area contributed by atoms with Gasteiger partial charge in [-0.05, 0) is 26.8 Å². The summed E-state index contributed by atoms with van der Waals surface area (Å²) in [7, 11) is -2.83. The Balaban J connectivity index is 3.11. The van der Waals surface area contributed by atoms with Crippen molar-refractivity contribution in [3.63, 3.8) is 0 Å². The molecule has 0 aliphatic heterocycles. The summed E-state index contributed by atoms with van der Waals surface area (Å²) in [4.78, 5) is 0. The molecule has 0 aliphatic rings. The summed E-state index contributed by atoms with van der Waals surface area (Å²) in [6.45, 7) is 9.37. The van der Waals surface area contributed by atoms with E-state index in [2.05, 4.69) is 0 Å². The number of phenols is 1. The molecule has 1 rings (SSSR count). The van der Waals surface area contributed by atoms with Gasteiger partial charge in [0.25, 0.3) is 0 Å². The predicted octanol–water partition coefficient (Wildman–Crippen LogP) is 3.08. The summed E-state index contributed by atoms with van der Waals surface area (Å²) in [5.74, 6) is 0.256. The Morgan fingerprint density at radius 3 is 1.89 bits per heavy atom. The second kappa shape index (κ2) is 7.64. The maximum atomic E-state index is 10.0. The zero-order chi connectivity index (χ0) is 14.3. The van der Waals surface area contributed by atoms with Gasteiger partial charge < -0.3 is 18.4 Å². The Morgan fingerprint density at radius 1 is 1.00 bits per heavy atom. The van der Waals surface area contributed by atoms with Crippen LogP contribution in [0.4, 0.5) is 0 Å². The first kappa shape index (κ1) is 16.2. The second-order valence-electron chi connectivity index (χ2n) is 4.18. The van der Waals surface area contributed by atoms with Crippen LogP contribution in [0.2, 0.25) is 0 Å². The van der Waals surface area contributed by atoms with Crippen molar-refractivity contribution in [3.8, 4) is 5.75 Å². The third-order valence-corrected chi connectivity index (χ3v) is 6.41. The van der Waals surface area contributed by atoms with Gasteiger partial charge in [-0.1, -0.05) is 25.1 Å². The van der Waals surface area contributed by atoms with E-state index in [1.165, 1.54) is 0 Å². The number of rotatable bonds is 8. The molecule has 1 atom stereocenters. The fourth-order valence-corrected chi connectivity index (χ4v) is 4.98. The Kier molecular flexibility index (Phi) is 6.51. The standard InChI is InChI=1S/C14H24O4Si/c1-5-16-19(17-6-2,18-7-3)12(4)13-10-8-9-11-14(13)15/h8-12,15H,5-7H2,1-4H3. The van der Waals surface area contributed by atoms with Crippen LogP contribution in [0, 0.1) is 0 Å². The molecule has 0 aliphatic carbocycles. The van der Waals surface area contributed by atoms with E-state index in [9.17, 15) is 5.11 Å². The highest BCUT2D eigenvalue weighted by Gasteiger charge is 2.48. The molecule has 1 aromatic carbocycles. The normalized spacial score (nSPS) is 13.5. The zero-order valence-electron chi connectivity index (χ0n) is 12.2. The van der Waals surface area contributed by atoms with Gasteiger partial charge in [-0.3, -0.25) is 0 Å². The molecule has 108 valence electrons. The van der Waals surface area contributed by atoms with E-state index < -0.39 is 8.80 Å². The van der Waals surface area contributed by atoms with Crippen LogP contribution in [0.15, 0.2) is 24.3 Å². The summed E-state index contributed by atoms with van der Waals surface area (Å²) in [6.07, 6.45) is 0. The summed E-state index contributed by atoms with van der Waals surface area (Å²) in [5.41, 5.74) is 0.707. The third kappa shape index (κ3) is 3.79. The van der Waals surface area contributed by atoms with Gasteiger partial charge in [0.2, 0.25) is 0 Å². The molecule has 4 nitrogen and oxygen atoms in total. The lowest BCUT2D eigenvalue weighted by molar-refractivity contribution is 0.0631. The Bertz CT molecular complexity index is 366. The number of benzene rings is 1. The first-order chi connectivity index (χ1) is 9.11. The molecule has 1 aromatic rings. The minimum Gasteiger partial charge on any atom is -0.508 e.